The van der Waals surface area contributed by atoms with Gasteiger partial charge in [-0.15, -0.1) is 0 Å². The summed E-state index contributed by atoms with van der Waals surface area (Å²) < 4.78 is 6.25. The molecule has 122 valence electrons. The normalized spacial score (nSPS) is 15.6. The van der Waals surface area contributed by atoms with E-state index in [1.807, 2.05) is 12.1 Å². The highest BCUT2D eigenvalue weighted by Gasteiger charge is 2.15. The van der Waals surface area contributed by atoms with Crippen molar-refractivity contribution in [1.29, 1.82) is 0 Å². The average Bonchev–Trinajstić information content (AvgIpc) is 2.57. The first-order valence-corrected chi connectivity index (χ1v) is 8.70. The quantitative estimate of drug-likeness (QED) is 0.816. The first kappa shape index (κ1) is 16.5. The molecule has 2 aromatic heterocycles. The molecule has 0 bridgehead atoms. The Kier molecular flexibility index (Phi) is 5.35. The van der Waals surface area contributed by atoms with Crippen molar-refractivity contribution < 1.29 is 4.74 Å². The van der Waals surface area contributed by atoms with Crippen molar-refractivity contribution in [3.8, 4) is 11.3 Å². The van der Waals surface area contributed by atoms with Gasteiger partial charge in [0.1, 0.15) is 11.6 Å². The standard InChI is InChI=1S/C16H18BrClN4O/c17-12-1-2-15(21-8-10-3-5-23-6-4-10)22-16(12)11-7-14(19)20-9-13(11)18/h1-2,7,9-10H,3-6,8H2,(H2,19,20)(H,21,22). The van der Waals surface area contributed by atoms with Crippen molar-refractivity contribution in [2.45, 2.75) is 12.8 Å². The summed E-state index contributed by atoms with van der Waals surface area (Å²) in [6, 6.07) is 5.64. The number of halogens is 2. The van der Waals surface area contributed by atoms with Crippen LogP contribution in [0.4, 0.5) is 11.6 Å². The molecule has 1 aliphatic heterocycles. The van der Waals surface area contributed by atoms with Gasteiger partial charge in [-0.1, -0.05) is 11.6 Å². The van der Waals surface area contributed by atoms with Gasteiger partial charge in [0.25, 0.3) is 0 Å². The Morgan fingerprint density at radius 1 is 1.35 bits per heavy atom. The minimum Gasteiger partial charge on any atom is -0.384 e. The first-order chi connectivity index (χ1) is 11.1. The minimum absolute atomic E-state index is 0.415. The molecule has 5 nitrogen and oxygen atoms in total. The topological polar surface area (TPSA) is 73.1 Å². The van der Waals surface area contributed by atoms with Gasteiger partial charge in [0.15, 0.2) is 0 Å². The van der Waals surface area contributed by atoms with Gasteiger partial charge in [0.05, 0.1) is 10.7 Å². The molecule has 0 amide bonds. The number of rotatable bonds is 4. The van der Waals surface area contributed by atoms with Gasteiger partial charge < -0.3 is 15.8 Å². The lowest BCUT2D eigenvalue weighted by Gasteiger charge is -2.22. The van der Waals surface area contributed by atoms with Gasteiger partial charge in [-0.2, -0.15) is 0 Å². The second-order valence-electron chi connectivity index (χ2n) is 5.55. The molecule has 0 saturated carbocycles. The molecule has 0 aromatic carbocycles. The van der Waals surface area contributed by atoms with E-state index in [-0.39, 0.29) is 0 Å². The third-order valence-electron chi connectivity index (χ3n) is 3.89. The van der Waals surface area contributed by atoms with Crippen LogP contribution in [0.1, 0.15) is 12.8 Å². The van der Waals surface area contributed by atoms with Gasteiger partial charge in [-0.25, -0.2) is 9.97 Å². The highest BCUT2D eigenvalue weighted by Crippen LogP contribution is 2.33. The number of aromatic nitrogens is 2. The van der Waals surface area contributed by atoms with Gasteiger partial charge >= 0.3 is 0 Å². The van der Waals surface area contributed by atoms with Gasteiger partial charge in [0.2, 0.25) is 0 Å². The third-order valence-corrected chi connectivity index (χ3v) is 4.83. The van der Waals surface area contributed by atoms with Crippen LogP contribution in [0.15, 0.2) is 28.9 Å². The maximum atomic E-state index is 6.24. The molecule has 23 heavy (non-hydrogen) atoms. The van der Waals surface area contributed by atoms with Crippen molar-refractivity contribution in [2.24, 2.45) is 5.92 Å². The summed E-state index contributed by atoms with van der Waals surface area (Å²) in [6.45, 7) is 2.58. The van der Waals surface area contributed by atoms with Gasteiger partial charge in [-0.3, -0.25) is 0 Å². The molecule has 1 aliphatic rings. The Hall–Kier alpha value is -1.37. The summed E-state index contributed by atoms with van der Waals surface area (Å²) in [7, 11) is 0. The van der Waals surface area contributed by atoms with E-state index in [2.05, 4.69) is 31.2 Å². The van der Waals surface area contributed by atoms with Crippen molar-refractivity contribution in [3.63, 3.8) is 0 Å². The Bertz CT molecular complexity index is 692. The number of nitrogens with two attached hydrogens (primary N) is 1. The molecule has 0 atom stereocenters. The smallest absolute Gasteiger partial charge is 0.126 e. The van der Waals surface area contributed by atoms with Crippen LogP contribution in [0.3, 0.4) is 0 Å². The fraction of sp³-hybridized carbons (Fsp3) is 0.375. The number of anilines is 2. The summed E-state index contributed by atoms with van der Waals surface area (Å²) in [5.74, 6) is 1.86. The molecule has 0 radical (unpaired) electrons. The second-order valence-corrected chi connectivity index (χ2v) is 6.81. The Labute approximate surface area is 148 Å². The zero-order valence-corrected chi connectivity index (χ0v) is 14.9. The van der Waals surface area contributed by atoms with E-state index in [0.717, 1.165) is 54.1 Å². The number of hydrogen-bond donors (Lipinski definition) is 2. The van der Waals surface area contributed by atoms with E-state index in [1.165, 1.54) is 0 Å². The van der Waals surface area contributed by atoms with Crippen LogP contribution in [0.25, 0.3) is 11.3 Å². The highest BCUT2D eigenvalue weighted by molar-refractivity contribution is 9.10. The molecule has 3 rings (SSSR count). The van der Waals surface area contributed by atoms with E-state index in [4.69, 9.17) is 22.1 Å². The molecular weight excluding hydrogens is 380 g/mol. The van der Waals surface area contributed by atoms with Crippen LogP contribution in [0, 0.1) is 5.92 Å². The second kappa shape index (κ2) is 7.47. The van der Waals surface area contributed by atoms with Gasteiger partial charge in [0, 0.05) is 36.0 Å². The number of nitrogens with one attached hydrogen (secondary N) is 1. The largest absolute Gasteiger partial charge is 0.384 e. The number of hydrogen-bond acceptors (Lipinski definition) is 5. The fourth-order valence-corrected chi connectivity index (χ4v) is 3.19. The molecular formula is C16H18BrClN4O. The van der Waals surface area contributed by atoms with Crippen molar-refractivity contribution in [2.75, 3.05) is 30.8 Å². The van der Waals surface area contributed by atoms with E-state index in [1.54, 1.807) is 12.3 Å². The maximum absolute atomic E-state index is 6.24. The summed E-state index contributed by atoms with van der Waals surface area (Å²) in [4.78, 5) is 8.66. The van der Waals surface area contributed by atoms with Crippen LogP contribution in [-0.4, -0.2) is 29.7 Å². The van der Waals surface area contributed by atoms with E-state index in [0.29, 0.717) is 16.8 Å². The molecule has 0 spiro atoms. The molecule has 7 heteroatoms. The maximum Gasteiger partial charge on any atom is 0.126 e. The van der Waals surface area contributed by atoms with Crippen molar-refractivity contribution >= 4 is 39.2 Å². The Morgan fingerprint density at radius 3 is 2.91 bits per heavy atom. The van der Waals surface area contributed by atoms with Gasteiger partial charge in [-0.05, 0) is 52.9 Å². The summed E-state index contributed by atoms with van der Waals surface area (Å²) in [5, 5.41) is 3.93. The zero-order chi connectivity index (χ0) is 16.2. The molecule has 0 aliphatic carbocycles. The van der Waals surface area contributed by atoms with E-state index in [9.17, 15) is 0 Å². The lowest BCUT2D eigenvalue weighted by Crippen LogP contribution is -2.22. The van der Waals surface area contributed by atoms with Crippen molar-refractivity contribution in [3.05, 3.63) is 33.9 Å². The first-order valence-electron chi connectivity index (χ1n) is 7.53. The van der Waals surface area contributed by atoms with Crippen LogP contribution in [-0.2, 0) is 4.74 Å². The predicted octanol–water partition coefficient (Wildman–Crippen LogP) is 3.98. The third kappa shape index (κ3) is 4.13. The van der Waals surface area contributed by atoms with E-state index < -0.39 is 0 Å². The van der Waals surface area contributed by atoms with Crippen molar-refractivity contribution in [1.82, 2.24) is 9.97 Å². The zero-order valence-electron chi connectivity index (χ0n) is 12.6. The lowest BCUT2D eigenvalue weighted by atomic mass is 10.0. The lowest BCUT2D eigenvalue weighted by molar-refractivity contribution is 0.0699. The van der Waals surface area contributed by atoms with Crippen LogP contribution >= 0.6 is 27.5 Å². The van der Waals surface area contributed by atoms with E-state index >= 15 is 0 Å². The average molecular weight is 398 g/mol. The molecule has 2 aromatic rings. The summed E-state index contributed by atoms with van der Waals surface area (Å²) in [5.41, 5.74) is 7.28. The molecule has 3 heterocycles. The molecule has 1 fully saturated rings. The SMILES string of the molecule is Nc1cc(-c2nc(NCC3CCOCC3)ccc2Br)c(Cl)cn1. The van der Waals surface area contributed by atoms with Crippen LogP contribution in [0.2, 0.25) is 5.02 Å². The highest BCUT2D eigenvalue weighted by atomic mass is 79.9. The number of pyridine rings is 2. The molecule has 0 unspecified atom stereocenters. The van der Waals surface area contributed by atoms with Crippen LogP contribution in [0.5, 0.6) is 0 Å². The monoisotopic (exact) mass is 396 g/mol. The number of ether oxygens (including phenoxy) is 1. The Balaban J connectivity index is 1.80. The number of nitrogen functional groups attached to an aromatic ring is 1. The summed E-state index contributed by atoms with van der Waals surface area (Å²) in [6.07, 6.45) is 3.72. The predicted molar refractivity (Wildman–Crippen MR) is 96.6 cm³/mol. The van der Waals surface area contributed by atoms with Crippen LogP contribution < -0.4 is 11.1 Å². The minimum atomic E-state index is 0.415. The summed E-state index contributed by atoms with van der Waals surface area (Å²) >= 11 is 9.77. The molecule has 1 saturated heterocycles. The fourth-order valence-electron chi connectivity index (χ4n) is 2.57. The molecule has 3 N–H and O–H groups in total. The number of nitrogens with zero attached hydrogens (tertiary/aromatic N) is 2. The Morgan fingerprint density at radius 2 is 2.13 bits per heavy atom.